The molecule has 2 fully saturated rings. The first-order chi connectivity index (χ1) is 11.6. The average Bonchev–Trinajstić information content (AvgIpc) is 3.13. The molecule has 1 saturated carbocycles. The van der Waals surface area contributed by atoms with Gasteiger partial charge in [0.05, 0.1) is 5.56 Å². The van der Waals surface area contributed by atoms with Crippen molar-refractivity contribution in [1.82, 2.24) is 9.88 Å². The van der Waals surface area contributed by atoms with Gasteiger partial charge in [-0.2, -0.15) is 0 Å². The second kappa shape index (κ2) is 5.47. The van der Waals surface area contributed by atoms with Crippen LogP contribution in [0.5, 0.6) is 0 Å². The Kier molecular flexibility index (Phi) is 3.40. The molecule has 2 aliphatic rings. The van der Waals surface area contributed by atoms with E-state index in [1.165, 1.54) is 11.0 Å². The first kappa shape index (κ1) is 14.9. The summed E-state index contributed by atoms with van der Waals surface area (Å²) in [6, 6.07) is 7.57. The third-order valence-corrected chi connectivity index (χ3v) is 5.39. The van der Waals surface area contributed by atoms with Crippen molar-refractivity contribution >= 4 is 22.8 Å². The van der Waals surface area contributed by atoms with E-state index in [4.69, 9.17) is 0 Å². The van der Waals surface area contributed by atoms with Crippen molar-refractivity contribution in [1.29, 1.82) is 0 Å². The first-order valence-electron chi connectivity index (χ1n) is 8.22. The standard InChI is InChI=1S/C18H18N2O4/c21-15-8-13(12-5-1-2-7-14(12)19-15)17(22)20-9-10-4-3-6-11(10)16(20)18(23)24/h1-2,5,7-8,10-11,16H,3-4,6,9H2,(H,19,21)(H,23,24). The molecule has 1 saturated heterocycles. The minimum Gasteiger partial charge on any atom is -0.480 e. The zero-order chi connectivity index (χ0) is 16.8. The van der Waals surface area contributed by atoms with E-state index in [1.54, 1.807) is 24.3 Å². The molecular formula is C18H18N2O4. The van der Waals surface area contributed by atoms with Gasteiger partial charge in [0.2, 0.25) is 5.56 Å². The van der Waals surface area contributed by atoms with Crippen LogP contribution < -0.4 is 5.56 Å². The Balaban J connectivity index is 1.79. The molecule has 1 aliphatic carbocycles. The number of fused-ring (bicyclic) bond motifs is 2. The van der Waals surface area contributed by atoms with Crippen LogP contribution in [0.3, 0.4) is 0 Å². The predicted molar refractivity (Wildman–Crippen MR) is 87.9 cm³/mol. The SMILES string of the molecule is O=C(O)C1C2CCCC2CN1C(=O)c1cc(=O)[nH]c2ccccc12. The van der Waals surface area contributed by atoms with Gasteiger partial charge in [0.1, 0.15) is 6.04 Å². The Morgan fingerprint density at radius 2 is 2.00 bits per heavy atom. The normalized spacial score (nSPS) is 25.8. The lowest BCUT2D eigenvalue weighted by atomic mass is 9.94. The maximum Gasteiger partial charge on any atom is 0.326 e. The number of para-hydroxylation sites is 1. The number of pyridine rings is 1. The highest BCUT2D eigenvalue weighted by Crippen LogP contribution is 2.42. The van der Waals surface area contributed by atoms with Crippen LogP contribution in [0.4, 0.5) is 0 Å². The van der Waals surface area contributed by atoms with Gasteiger partial charge in [-0.15, -0.1) is 0 Å². The highest BCUT2D eigenvalue weighted by Gasteiger charge is 2.49. The monoisotopic (exact) mass is 326 g/mol. The number of aliphatic carboxylic acids is 1. The summed E-state index contributed by atoms with van der Waals surface area (Å²) in [5, 5.41) is 10.3. The Morgan fingerprint density at radius 1 is 1.21 bits per heavy atom. The summed E-state index contributed by atoms with van der Waals surface area (Å²) < 4.78 is 0. The van der Waals surface area contributed by atoms with Crippen LogP contribution in [0.2, 0.25) is 0 Å². The summed E-state index contributed by atoms with van der Waals surface area (Å²) in [7, 11) is 0. The molecule has 24 heavy (non-hydrogen) atoms. The molecule has 1 aliphatic heterocycles. The van der Waals surface area contributed by atoms with E-state index in [1.807, 2.05) is 0 Å². The van der Waals surface area contributed by atoms with E-state index in [0.29, 0.717) is 17.4 Å². The van der Waals surface area contributed by atoms with Gasteiger partial charge >= 0.3 is 5.97 Å². The summed E-state index contributed by atoms with van der Waals surface area (Å²) in [4.78, 5) is 40.9. The van der Waals surface area contributed by atoms with Gasteiger partial charge in [0, 0.05) is 23.5 Å². The fourth-order valence-electron chi connectivity index (χ4n) is 4.37. The van der Waals surface area contributed by atoms with E-state index in [-0.39, 0.29) is 28.9 Å². The Hall–Kier alpha value is -2.63. The zero-order valence-electron chi connectivity index (χ0n) is 13.1. The van der Waals surface area contributed by atoms with Crippen LogP contribution in [0.25, 0.3) is 10.9 Å². The minimum atomic E-state index is -0.952. The van der Waals surface area contributed by atoms with Gasteiger partial charge in [0.25, 0.3) is 5.91 Å². The van der Waals surface area contributed by atoms with E-state index in [2.05, 4.69) is 4.98 Å². The molecule has 0 bridgehead atoms. The number of aromatic amines is 1. The van der Waals surface area contributed by atoms with Crippen LogP contribution in [0.15, 0.2) is 35.1 Å². The van der Waals surface area contributed by atoms with Crippen LogP contribution in [0, 0.1) is 11.8 Å². The zero-order valence-corrected chi connectivity index (χ0v) is 13.1. The molecule has 124 valence electrons. The third-order valence-electron chi connectivity index (χ3n) is 5.39. The molecule has 2 heterocycles. The molecule has 3 atom stereocenters. The number of H-pyrrole nitrogens is 1. The maximum atomic E-state index is 13.1. The van der Waals surface area contributed by atoms with Gasteiger partial charge in [-0.05, 0) is 30.7 Å². The number of carbonyl (C=O) groups is 2. The van der Waals surface area contributed by atoms with Crippen molar-refractivity contribution in [2.24, 2.45) is 11.8 Å². The van der Waals surface area contributed by atoms with Gasteiger partial charge in [-0.1, -0.05) is 24.6 Å². The van der Waals surface area contributed by atoms with E-state index >= 15 is 0 Å². The number of aromatic nitrogens is 1. The second-order valence-corrected chi connectivity index (χ2v) is 6.69. The molecule has 6 heteroatoms. The van der Waals surface area contributed by atoms with E-state index < -0.39 is 12.0 Å². The number of carboxylic acid groups (broad SMARTS) is 1. The highest BCUT2D eigenvalue weighted by molar-refractivity contribution is 6.07. The number of amides is 1. The molecule has 1 aromatic carbocycles. The average molecular weight is 326 g/mol. The first-order valence-corrected chi connectivity index (χ1v) is 8.22. The predicted octanol–water partition coefficient (Wildman–Crippen LogP) is 1.85. The Labute approximate surface area is 138 Å². The minimum absolute atomic E-state index is 0.0275. The topological polar surface area (TPSA) is 90.5 Å². The lowest BCUT2D eigenvalue weighted by molar-refractivity contribution is -0.142. The number of benzene rings is 1. The second-order valence-electron chi connectivity index (χ2n) is 6.69. The number of carboxylic acids is 1. The van der Waals surface area contributed by atoms with Crippen molar-refractivity contribution in [3.05, 3.63) is 46.2 Å². The van der Waals surface area contributed by atoms with Crippen LogP contribution in [-0.2, 0) is 4.79 Å². The fourth-order valence-corrected chi connectivity index (χ4v) is 4.37. The van der Waals surface area contributed by atoms with Crippen LogP contribution in [0.1, 0.15) is 29.6 Å². The molecular weight excluding hydrogens is 308 g/mol. The lowest BCUT2D eigenvalue weighted by Gasteiger charge is -2.24. The molecule has 4 rings (SSSR count). The molecule has 1 amide bonds. The molecule has 1 aromatic heterocycles. The number of rotatable bonds is 2. The van der Waals surface area contributed by atoms with Crippen molar-refractivity contribution in [2.45, 2.75) is 25.3 Å². The summed E-state index contributed by atoms with van der Waals surface area (Å²) in [6.07, 6.45) is 2.84. The largest absolute Gasteiger partial charge is 0.480 e. The van der Waals surface area contributed by atoms with Crippen molar-refractivity contribution in [3.8, 4) is 0 Å². The van der Waals surface area contributed by atoms with Gasteiger partial charge in [0.15, 0.2) is 0 Å². The molecule has 0 radical (unpaired) electrons. The number of hydrogen-bond acceptors (Lipinski definition) is 3. The summed E-state index contributed by atoms with van der Waals surface area (Å²) >= 11 is 0. The third kappa shape index (κ3) is 2.21. The smallest absolute Gasteiger partial charge is 0.326 e. The summed E-state index contributed by atoms with van der Waals surface area (Å²) in [6.45, 7) is 0.460. The fraction of sp³-hybridized carbons (Fsp3) is 0.389. The number of carbonyl (C=O) groups excluding carboxylic acids is 1. The lowest BCUT2D eigenvalue weighted by Crippen LogP contribution is -2.43. The van der Waals surface area contributed by atoms with Gasteiger partial charge in [-0.3, -0.25) is 9.59 Å². The number of likely N-dealkylation sites (tertiary alicyclic amines) is 1. The quantitative estimate of drug-likeness (QED) is 0.881. The Bertz CT molecular complexity index is 888. The molecule has 6 nitrogen and oxygen atoms in total. The van der Waals surface area contributed by atoms with Gasteiger partial charge < -0.3 is 15.0 Å². The van der Waals surface area contributed by atoms with Crippen molar-refractivity contribution in [3.63, 3.8) is 0 Å². The van der Waals surface area contributed by atoms with E-state index in [0.717, 1.165) is 19.3 Å². The van der Waals surface area contributed by atoms with Crippen molar-refractivity contribution in [2.75, 3.05) is 6.54 Å². The number of nitrogens with zero attached hydrogens (tertiary/aromatic N) is 1. The molecule has 0 spiro atoms. The summed E-state index contributed by atoms with van der Waals surface area (Å²) in [5.41, 5.74) is 0.503. The Morgan fingerprint density at radius 3 is 2.79 bits per heavy atom. The number of hydrogen-bond donors (Lipinski definition) is 2. The molecule has 3 unspecified atom stereocenters. The molecule has 2 N–H and O–H groups in total. The highest BCUT2D eigenvalue weighted by atomic mass is 16.4. The summed E-state index contributed by atoms with van der Waals surface area (Å²) in [5.74, 6) is -1.03. The maximum absolute atomic E-state index is 13.1. The van der Waals surface area contributed by atoms with Crippen LogP contribution >= 0.6 is 0 Å². The molecule has 2 aromatic rings. The van der Waals surface area contributed by atoms with Crippen molar-refractivity contribution < 1.29 is 14.7 Å². The van der Waals surface area contributed by atoms with Gasteiger partial charge in [-0.25, -0.2) is 4.79 Å². The van der Waals surface area contributed by atoms with E-state index in [9.17, 15) is 19.5 Å². The van der Waals surface area contributed by atoms with Crippen LogP contribution in [-0.4, -0.2) is 39.5 Å². The number of nitrogens with one attached hydrogen (secondary N) is 1.